The summed E-state index contributed by atoms with van der Waals surface area (Å²) in [5, 5.41) is 0. The lowest BCUT2D eigenvalue weighted by Gasteiger charge is -2.25. The summed E-state index contributed by atoms with van der Waals surface area (Å²) in [6.45, 7) is 2.02. The standard InChI is InChI=1S/C21H21NO3/c1-2-3-13-19(23)18(14-15-9-5-4-6-10-15)22-20(24)16-11-7-8-12-17(16)21(22)25/h4-12,18H,2-3,13-14H2,1H3. The monoisotopic (exact) mass is 335 g/mol. The highest BCUT2D eigenvalue weighted by Gasteiger charge is 2.42. The van der Waals surface area contributed by atoms with Crippen LogP contribution in [0.5, 0.6) is 0 Å². The maximum absolute atomic E-state index is 12.8. The van der Waals surface area contributed by atoms with E-state index in [1.807, 2.05) is 37.3 Å². The van der Waals surface area contributed by atoms with Gasteiger partial charge in [0.1, 0.15) is 6.04 Å². The molecule has 0 aromatic heterocycles. The molecule has 2 aromatic carbocycles. The molecule has 1 aliphatic rings. The topological polar surface area (TPSA) is 54.5 Å². The minimum absolute atomic E-state index is 0.0554. The lowest BCUT2D eigenvalue weighted by molar-refractivity contribution is -0.123. The predicted octanol–water partition coefficient (Wildman–Crippen LogP) is 3.65. The molecular weight excluding hydrogens is 314 g/mol. The van der Waals surface area contributed by atoms with Gasteiger partial charge in [0.15, 0.2) is 5.78 Å². The van der Waals surface area contributed by atoms with Crippen LogP contribution >= 0.6 is 0 Å². The van der Waals surface area contributed by atoms with Crippen LogP contribution in [0.2, 0.25) is 0 Å². The Hall–Kier alpha value is -2.75. The van der Waals surface area contributed by atoms with E-state index >= 15 is 0 Å². The van der Waals surface area contributed by atoms with Crippen molar-refractivity contribution in [3.05, 3.63) is 71.3 Å². The summed E-state index contributed by atoms with van der Waals surface area (Å²) in [5.41, 5.74) is 1.71. The van der Waals surface area contributed by atoms with Crippen molar-refractivity contribution in [3.63, 3.8) is 0 Å². The molecule has 1 unspecified atom stereocenters. The van der Waals surface area contributed by atoms with Gasteiger partial charge in [0.2, 0.25) is 0 Å². The molecule has 1 aliphatic heterocycles. The molecule has 0 saturated heterocycles. The van der Waals surface area contributed by atoms with Crippen molar-refractivity contribution in [2.45, 2.75) is 38.6 Å². The molecule has 0 aliphatic carbocycles. The van der Waals surface area contributed by atoms with Crippen LogP contribution in [0.3, 0.4) is 0 Å². The second-order valence-electron chi connectivity index (χ2n) is 6.30. The van der Waals surface area contributed by atoms with E-state index in [4.69, 9.17) is 0 Å². The van der Waals surface area contributed by atoms with E-state index < -0.39 is 6.04 Å². The Kier molecular flexibility index (Phi) is 5.08. The highest BCUT2D eigenvalue weighted by molar-refractivity contribution is 6.22. The second kappa shape index (κ2) is 7.43. The minimum Gasteiger partial charge on any atom is -0.297 e. The molecule has 1 atom stereocenters. The third-order valence-electron chi connectivity index (χ3n) is 4.56. The Bertz CT molecular complexity index is 763. The first-order valence-electron chi connectivity index (χ1n) is 8.67. The van der Waals surface area contributed by atoms with Gasteiger partial charge < -0.3 is 0 Å². The van der Waals surface area contributed by atoms with Crippen molar-refractivity contribution in [1.29, 1.82) is 0 Å². The van der Waals surface area contributed by atoms with E-state index in [2.05, 4.69) is 0 Å². The molecule has 128 valence electrons. The molecule has 4 heteroatoms. The van der Waals surface area contributed by atoms with Gasteiger partial charge in [0.05, 0.1) is 11.1 Å². The third-order valence-corrected chi connectivity index (χ3v) is 4.56. The average molecular weight is 335 g/mol. The number of carbonyl (C=O) groups excluding carboxylic acids is 3. The van der Waals surface area contributed by atoms with Crippen LogP contribution in [-0.4, -0.2) is 28.5 Å². The van der Waals surface area contributed by atoms with E-state index in [1.165, 1.54) is 0 Å². The van der Waals surface area contributed by atoms with Gasteiger partial charge in [0, 0.05) is 12.8 Å². The maximum atomic E-state index is 12.8. The molecule has 0 N–H and O–H groups in total. The zero-order chi connectivity index (χ0) is 17.8. The summed E-state index contributed by atoms with van der Waals surface area (Å²) in [4.78, 5) is 39.5. The smallest absolute Gasteiger partial charge is 0.262 e. The summed E-state index contributed by atoms with van der Waals surface area (Å²) in [6, 6.07) is 15.5. The van der Waals surface area contributed by atoms with Crippen molar-refractivity contribution in [2.75, 3.05) is 0 Å². The first kappa shape index (κ1) is 17.1. The number of fused-ring (bicyclic) bond motifs is 1. The number of nitrogens with zero attached hydrogens (tertiary/aromatic N) is 1. The van der Waals surface area contributed by atoms with Gasteiger partial charge in [-0.15, -0.1) is 0 Å². The summed E-state index contributed by atoms with van der Waals surface area (Å²) >= 11 is 0. The Morgan fingerprint density at radius 3 is 2.04 bits per heavy atom. The molecule has 2 amide bonds. The van der Waals surface area contributed by atoms with Gasteiger partial charge >= 0.3 is 0 Å². The quantitative estimate of drug-likeness (QED) is 0.726. The molecule has 0 radical (unpaired) electrons. The number of Topliss-reactive ketones (excluding diaryl/α,β-unsaturated/α-hetero) is 1. The van der Waals surface area contributed by atoms with Crippen LogP contribution in [0.1, 0.15) is 52.5 Å². The zero-order valence-corrected chi connectivity index (χ0v) is 14.3. The van der Waals surface area contributed by atoms with E-state index in [0.29, 0.717) is 24.0 Å². The van der Waals surface area contributed by atoms with Gasteiger partial charge in [-0.2, -0.15) is 0 Å². The predicted molar refractivity (Wildman–Crippen MR) is 95.4 cm³/mol. The van der Waals surface area contributed by atoms with Crippen LogP contribution in [0.25, 0.3) is 0 Å². The largest absolute Gasteiger partial charge is 0.297 e. The van der Waals surface area contributed by atoms with Crippen LogP contribution < -0.4 is 0 Å². The van der Waals surface area contributed by atoms with E-state index in [-0.39, 0.29) is 17.6 Å². The Morgan fingerprint density at radius 2 is 1.48 bits per heavy atom. The van der Waals surface area contributed by atoms with Gasteiger partial charge in [-0.05, 0) is 24.1 Å². The third kappa shape index (κ3) is 3.38. The summed E-state index contributed by atoms with van der Waals surface area (Å²) in [5.74, 6) is -0.794. The Balaban J connectivity index is 1.93. The van der Waals surface area contributed by atoms with E-state index in [0.717, 1.165) is 23.3 Å². The molecule has 4 nitrogen and oxygen atoms in total. The molecule has 2 aromatic rings. The highest BCUT2D eigenvalue weighted by atomic mass is 16.2. The number of hydrogen-bond donors (Lipinski definition) is 0. The number of imide groups is 1. The molecule has 3 rings (SSSR count). The molecule has 0 fully saturated rings. The van der Waals surface area contributed by atoms with Crippen LogP contribution in [0.4, 0.5) is 0 Å². The van der Waals surface area contributed by atoms with Crippen molar-refractivity contribution in [3.8, 4) is 0 Å². The van der Waals surface area contributed by atoms with Crippen molar-refractivity contribution < 1.29 is 14.4 Å². The fraction of sp³-hybridized carbons (Fsp3) is 0.286. The van der Waals surface area contributed by atoms with Gasteiger partial charge in [-0.25, -0.2) is 0 Å². The maximum Gasteiger partial charge on any atom is 0.262 e. The zero-order valence-electron chi connectivity index (χ0n) is 14.3. The number of rotatable bonds is 7. The molecule has 25 heavy (non-hydrogen) atoms. The van der Waals surface area contributed by atoms with Crippen LogP contribution in [-0.2, 0) is 11.2 Å². The van der Waals surface area contributed by atoms with Gasteiger partial charge in [-0.3, -0.25) is 19.3 Å². The summed E-state index contributed by atoms with van der Waals surface area (Å²) in [6.07, 6.45) is 2.38. The Labute approximate surface area is 147 Å². The number of benzene rings is 2. The normalized spacial score (nSPS) is 14.5. The molecule has 0 saturated carbocycles. The van der Waals surface area contributed by atoms with Crippen LogP contribution in [0.15, 0.2) is 54.6 Å². The molecule has 0 spiro atoms. The number of unbranched alkanes of at least 4 members (excludes halogenated alkanes) is 1. The summed E-state index contributed by atoms with van der Waals surface area (Å²) < 4.78 is 0. The lowest BCUT2D eigenvalue weighted by atomic mass is 9.97. The average Bonchev–Trinajstić information content (AvgIpc) is 2.90. The second-order valence-corrected chi connectivity index (χ2v) is 6.30. The SMILES string of the molecule is CCCCC(=O)C(Cc1ccccc1)N1C(=O)c2ccccc2C1=O. The lowest BCUT2D eigenvalue weighted by Crippen LogP contribution is -2.46. The van der Waals surface area contributed by atoms with Crippen molar-refractivity contribution in [1.82, 2.24) is 4.90 Å². The number of hydrogen-bond acceptors (Lipinski definition) is 3. The van der Waals surface area contributed by atoms with Gasteiger partial charge in [-0.1, -0.05) is 55.8 Å². The highest BCUT2D eigenvalue weighted by Crippen LogP contribution is 2.27. The molecule has 1 heterocycles. The van der Waals surface area contributed by atoms with Crippen LogP contribution in [0, 0.1) is 0 Å². The number of ketones is 1. The number of amides is 2. The first-order valence-corrected chi connectivity index (χ1v) is 8.67. The fourth-order valence-electron chi connectivity index (χ4n) is 3.20. The first-order chi connectivity index (χ1) is 12.1. The van der Waals surface area contributed by atoms with E-state index in [9.17, 15) is 14.4 Å². The van der Waals surface area contributed by atoms with Crippen molar-refractivity contribution >= 4 is 17.6 Å². The number of carbonyl (C=O) groups is 3. The van der Waals surface area contributed by atoms with E-state index in [1.54, 1.807) is 24.3 Å². The summed E-state index contributed by atoms with van der Waals surface area (Å²) in [7, 11) is 0. The fourth-order valence-corrected chi connectivity index (χ4v) is 3.20. The molecular formula is C21H21NO3. The minimum atomic E-state index is -0.749. The molecule has 0 bridgehead atoms. The van der Waals surface area contributed by atoms with Gasteiger partial charge in [0.25, 0.3) is 11.8 Å². The van der Waals surface area contributed by atoms with Crippen molar-refractivity contribution in [2.24, 2.45) is 0 Å². The Morgan fingerprint density at radius 1 is 0.920 bits per heavy atom.